The summed E-state index contributed by atoms with van der Waals surface area (Å²) in [6.07, 6.45) is 9.48. The molecule has 0 amide bonds. The minimum Gasteiger partial charge on any atom is -0.397 e. The Labute approximate surface area is 126 Å². The largest absolute Gasteiger partial charge is 0.397 e. The average molecular weight is 299 g/mol. The van der Waals surface area contributed by atoms with Crippen LogP contribution in [0.15, 0.2) is 0 Å². The molecule has 0 aromatic heterocycles. The molecule has 0 spiro atoms. The molecule has 2 fully saturated rings. The highest BCUT2D eigenvalue weighted by molar-refractivity contribution is 6.70. The summed E-state index contributed by atoms with van der Waals surface area (Å²) in [5, 5.41) is 0. The van der Waals surface area contributed by atoms with Crippen molar-refractivity contribution in [3.05, 3.63) is 0 Å². The van der Waals surface area contributed by atoms with Gasteiger partial charge in [-0.1, -0.05) is 46.5 Å². The Morgan fingerprint density at radius 3 is 2.10 bits per heavy atom. The Hall–Kier alpha value is 0.137. The molecular weight excluding hydrogens is 264 g/mol. The van der Waals surface area contributed by atoms with Gasteiger partial charge in [-0.2, -0.15) is 0 Å². The zero-order valence-electron chi connectivity index (χ0n) is 14.2. The predicted molar refractivity (Wildman–Crippen MR) is 87.1 cm³/mol. The molecule has 118 valence electrons. The standard InChI is InChI=1S/C17H34O2Si/c1-13-8-6-10-16(12-13)20(18-4,19-5)17-11-7-9-14(2)15(17)3/h13-17H,6-12H2,1-5H3. The van der Waals surface area contributed by atoms with Gasteiger partial charge < -0.3 is 8.85 Å². The van der Waals surface area contributed by atoms with Crippen LogP contribution in [0, 0.1) is 17.8 Å². The molecule has 2 rings (SSSR count). The summed E-state index contributed by atoms with van der Waals surface area (Å²) in [7, 11) is 1.77. The zero-order valence-corrected chi connectivity index (χ0v) is 15.2. The summed E-state index contributed by atoms with van der Waals surface area (Å²) < 4.78 is 12.5. The van der Waals surface area contributed by atoms with Gasteiger partial charge in [0.25, 0.3) is 0 Å². The number of hydrogen-bond donors (Lipinski definition) is 0. The molecule has 20 heavy (non-hydrogen) atoms. The summed E-state index contributed by atoms with van der Waals surface area (Å²) in [6.45, 7) is 7.27. The second kappa shape index (κ2) is 6.93. The van der Waals surface area contributed by atoms with Crippen molar-refractivity contribution in [2.75, 3.05) is 14.2 Å². The molecular formula is C17H34O2Si. The summed E-state index contributed by atoms with van der Waals surface area (Å²) in [5.74, 6) is 2.43. The van der Waals surface area contributed by atoms with E-state index in [1.54, 1.807) is 0 Å². The molecule has 0 aromatic rings. The van der Waals surface area contributed by atoms with Crippen LogP contribution in [0.4, 0.5) is 0 Å². The van der Waals surface area contributed by atoms with E-state index < -0.39 is 8.56 Å². The molecule has 2 aliphatic rings. The Bertz CT molecular complexity index is 303. The van der Waals surface area contributed by atoms with Gasteiger partial charge in [0.2, 0.25) is 0 Å². The lowest BCUT2D eigenvalue weighted by atomic mass is 9.81. The van der Waals surface area contributed by atoms with Crippen LogP contribution in [0.3, 0.4) is 0 Å². The SMILES string of the molecule is CO[Si](OC)(C1CCCC(C)C1)C1CCCC(C)C1C. The molecule has 2 aliphatic carbocycles. The first-order valence-corrected chi connectivity index (χ1v) is 10.6. The summed E-state index contributed by atoms with van der Waals surface area (Å²) in [6, 6.07) is 0. The van der Waals surface area contributed by atoms with E-state index >= 15 is 0 Å². The van der Waals surface area contributed by atoms with E-state index in [9.17, 15) is 0 Å². The van der Waals surface area contributed by atoms with Gasteiger partial charge >= 0.3 is 8.56 Å². The Morgan fingerprint density at radius 1 is 0.850 bits per heavy atom. The van der Waals surface area contributed by atoms with Crippen molar-refractivity contribution >= 4 is 8.56 Å². The van der Waals surface area contributed by atoms with Gasteiger partial charge in [-0.25, -0.2) is 0 Å². The maximum Gasteiger partial charge on any atom is 0.344 e. The monoisotopic (exact) mass is 298 g/mol. The van der Waals surface area contributed by atoms with Gasteiger partial charge in [0, 0.05) is 25.3 Å². The first-order valence-electron chi connectivity index (χ1n) is 8.65. The highest BCUT2D eigenvalue weighted by Gasteiger charge is 2.54. The molecule has 5 unspecified atom stereocenters. The van der Waals surface area contributed by atoms with E-state index in [-0.39, 0.29) is 0 Å². The van der Waals surface area contributed by atoms with Gasteiger partial charge in [-0.15, -0.1) is 0 Å². The van der Waals surface area contributed by atoms with Crippen LogP contribution >= 0.6 is 0 Å². The van der Waals surface area contributed by atoms with Crippen molar-refractivity contribution in [3.63, 3.8) is 0 Å². The smallest absolute Gasteiger partial charge is 0.344 e. The summed E-state index contributed by atoms with van der Waals surface area (Å²) in [4.78, 5) is 0. The molecule has 0 bridgehead atoms. The highest BCUT2D eigenvalue weighted by Crippen LogP contribution is 2.52. The lowest BCUT2D eigenvalue weighted by Gasteiger charge is -2.48. The van der Waals surface area contributed by atoms with Crippen molar-refractivity contribution in [3.8, 4) is 0 Å². The fourth-order valence-corrected chi connectivity index (χ4v) is 10.0. The van der Waals surface area contributed by atoms with Crippen LogP contribution in [0.1, 0.15) is 65.7 Å². The van der Waals surface area contributed by atoms with Crippen LogP contribution in [-0.4, -0.2) is 22.8 Å². The first-order chi connectivity index (χ1) is 9.55. The minimum absolute atomic E-state index is 0.691. The summed E-state index contributed by atoms with van der Waals surface area (Å²) in [5.41, 5.74) is 1.40. The fraction of sp³-hybridized carbons (Fsp3) is 1.00. The fourth-order valence-electron chi connectivity index (χ4n) is 4.97. The third kappa shape index (κ3) is 3.00. The van der Waals surface area contributed by atoms with Crippen molar-refractivity contribution in [1.29, 1.82) is 0 Å². The first kappa shape index (κ1) is 16.5. The van der Waals surface area contributed by atoms with Crippen molar-refractivity contribution in [2.45, 2.75) is 76.8 Å². The Kier molecular flexibility index (Phi) is 5.72. The molecule has 0 aliphatic heterocycles. The van der Waals surface area contributed by atoms with E-state index in [2.05, 4.69) is 20.8 Å². The van der Waals surface area contributed by atoms with E-state index in [1.807, 2.05) is 14.2 Å². The second-order valence-corrected chi connectivity index (χ2v) is 11.3. The van der Waals surface area contributed by atoms with Crippen LogP contribution in [0.5, 0.6) is 0 Å². The Balaban J connectivity index is 2.23. The molecule has 2 saturated carbocycles. The predicted octanol–water partition coefficient (Wildman–Crippen LogP) is 5.13. The van der Waals surface area contributed by atoms with Gasteiger partial charge in [-0.05, 0) is 37.0 Å². The molecule has 2 nitrogen and oxygen atoms in total. The normalized spacial score (nSPS) is 39.8. The van der Waals surface area contributed by atoms with E-state index in [0.717, 1.165) is 17.8 Å². The van der Waals surface area contributed by atoms with Crippen LogP contribution in [0.2, 0.25) is 11.1 Å². The topological polar surface area (TPSA) is 18.5 Å². The molecule has 0 heterocycles. The minimum atomic E-state index is -2.09. The van der Waals surface area contributed by atoms with E-state index in [1.165, 1.54) is 44.9 Å². The molecule has 0 radical (unpaired) electrons. The second-order valence-electron chi connectivity index (χ2n) is 7.47. The maximum absolute atomic E-state index is 6.25. The zero-order chi connectivity index (χ0) is 14.8. The molecule has 5 atom stereocenters. The van der Waals surface area contributed by atoms with Crippen molar-refractivity contribution < 1.29 is 8.85 Å². The summed E-state index contributed by atoms with van der Waals surface area (Å²) >= 11 is 0. The average Bonchev–Trinajstić information content (AvgIpc) is 2.45. The van der Waals surface area contributed by atoms with Gasteiger partial charge in [0.15, 0.2) is 0 Å². The van der Waals surface area contributed by atoms with Gasteiger partial charge in [-0.3, -0.25) is 0 Å². The van der Waals surface area contributed by atoms with Crippen LogP contribution in [-0.2, 0) is 8.85 Å². The van der Waals surface area contributed by atoms with Crippen molar-refractivity contribution in [1.82, 2.24) is 0 Å². The van der Waals surface area contributed by atoms with Gasteiger partial charge in [0.05, 0.1) is 0 Å². The van der Waals surface area contributed by atoms with Gasteiger partial charge in [0.1, 0.15) is 0 Å². The lowest BCUT2D eigenvalue weighted by molar-refractivity contribution is 0.155. The third-order valence-corrected chi connectivity index (χ3v) is 11.2. The molecule has 0 N–H and O–H groups in total. The van der Waals surface area contributed by atoms with E-state index in [0.29, 0.717) is 11.1 Å². The lowest BCUT2D eigenvalue weighted by Crippen LogP contribution is -2.54. The Morgan fingerprint density at radius 2 is 1.50 bits per heavy atom. The number of rotatable bonds is 4. The molecule has 3 heteroatoms. The van der Waals surface area contributed by atoms with E-state index in [4.69, 9.17) is 8.85 Å². The molecule has 0 saturated heterocycles. The van der Waals surface area contributed by atoms with Crippen LogP contribution < -0.4 is 0 Å². The third-order valence-electron chi connectivity index (χ3n) is 6.37. The maximum atomic E-state index is 6.25. The number of hydrogen-bond acceptors (Lipinski definition) is 2. The quantitative estimate of drug-likeness (QED) is 0.670. The van der Waals surface area contributed by atoms with Crippen molar-refractivity contribution in [2.24, 2.45) is 17.8 Å². The van der Waals surface area contributed by atoms with Crippen LogP contribution in [0.25, 0.3) is 0 Å². The molecule has 0 aromatic carbocycles. The highest BCUT2D eigenvalue weighted by atomic mass is 28.4.